The molecule has 1 aromatic heterocycles. The molecule has 0 aliphatic carbocycles. The smallest absolute Gasteiger partial charge is 0.225 e. The monoisotopic (exact) mass is 380 g/mol. The molecule has 3 heterocycles. The van der Waals surface area contributed by atoms with Gasteiger partial charge in [0.25, 0.3) is 0 Å². The average Bonchev–Trinajstić information content (AvgIpc) is 2.73. The second kappa shape index (κ2) is 8.27. The van der Waals surface area contributed by atoms with E-state index in [1.54, 1.807) is 0 Å². The molecule has 4 rings (SSSR count). The Morgan fingerprint density at radius 3 is 2.39 bits per heavy atom. The molecule has 1 atom stereocenters. The van der Waals surface area contributed by atoms with E-state index >= 15 is 0 Å². The minimum atomic E-state index is -0.0253. The lowest BCUT2D eigenvalue weighted by molar-refractivity contribution is -0.144. The predicted molar refractivity (Wildman–Crippen MR) is 108 cm³/mol. The van der Waals surface area contributed by atoms with Crippen molar-refractivity contribution in [2.45, 2.75) is 32.8 Å². The standard InChI is InChI=1S/C22H28N4O2/c1-16-14-17(2)24-22(23-16)25-10-8-19(9-11-25)21(27)26-12-13-28-20(15-26)18-6-4-3-5-7-18/h3-7,14,19-20H,8-13,15H2,1-2H3. The van der Waals surface area contributed by atoms with Crippen molar-refractivity contribution in [1.82, 2.24) is 14.9 Å². The van der Waals surface area contributed by atoms with Gasteiger partial charge in [-0.15, -0.1) is 0 Å². The van der Waals surface area contributed by atoms with Gasteiger partial charge in [0.15, 0.2) is 0 Å². The van der Waals surface area contributed by atoms with Crippen LogP contribution < -0.4 is 4.90 Å². The molecule has 0 radical (unpaired) electrons. The number of anilines is 1. The molecule has 1 aromatic carbocycles. The van der Waals surface area contributed by atoms with E-state index in [0.29, 0.717) is 19.7 Å². The van der Waals surface area contributed by atoms with Crippen molar-refractivity contribution in [3.8, 4) is 0 Å². The highest BCUT2D eigenvalue weighted by molar-refractivity contribution is 5.79. The molecule has 148 valence electrons. The number of ether oxygens (including phenoxy) is 1. The molecule has 1 unspecified atom stereocenters. The predicted octanol–water partition coefficient (Wildman–Crippen LogP) is 2.91. The molecule has 28 heavy (non-hydrogen) atoms. The number of piperidine rings is 1. The molecular weight excluding hydrogens is 352 g/mol. The lowest BCUT2D eigenvalue weighted by atomic mass is 9.94. The van der Waals surface area contributed by atoms with Gasteiger partial charge in [0.1, 0.15) is 6.10 Å². The third kappa shape index (κ3) is 4.17. The van der Waals surface area contributed by atoms with E-state index in [2.05, 4.69) is 27.0 Å². The average molecular weight is 380 g/mol. The molecule has 0 N–H and O–H groups in total. The number of aryl methyl sites for hydroxylation is 2. The molecule has 2 aliphatic rings. The minimum Gasteiger partial charge on any atom is -0.370 e. The van der Waals surface area contributed by atoms with Crippen LogP contribution in [0.15, 0.2) is 36.4 Å². The van der Waals surface area contributed by atoms with Crippen molar-refractivity contribution in [2.24, 2.45) is 5.92 Å². The van der Waals surface area contributed by atoms with E-state index in [0.717, 1.165) is 48.8 Å². The van der Waals surface area contributed by atoms with Crippen molar-refractivity contribution in [2.75, 3.05) is 37.7 Å². The van der Waals surface area contributed by atoms with Crippen LogP contribution in [0.2, 0.25) is 0 Å². The van der Waals surface area contributed by atoms with Gasteiger partial charge in [-0.05, 0) is 38.3 Å². The molecule has 2 fully saturated rings. The van der Waals surface area contributed by atoms with Crippen molar-refractivity contribution >= 4 is 11.9 Å². The Morgan fingerprint density at radius 1 is 1.04 bits per heavy atom. The number of carbonyl (C=O) groups is 1. The first-order chi connectivity index (χ1) is 13.6. The summed E-state index contributed by atoms with van der Waals surface area (Å²) in [7, 11) is 0. The fourth-order valence-corrected chi connectivity index (χ4v) is 4.15. The Kier molecular flexibility index (Phi) is 5.57. The lowest BCUT2D eigenvalue weighted by Crippen LogP contribution is -2.47. The summed E-state index contributed by atoms with van der Waals surface area (Å²) >= 11 is 0. The molecule has 1 amide bonds. The largest absolute Gasteiger partial charge is 0.370 e. The second-order valence-corrected chi connectivity index (χ2v) is 7.77. The van der Waals surface area contributed by atoms with Crippen LogP contribution in [0.1, 0.15) is 35.9 Å². The Balaban J connectivity index is 1.36. The topological polar surface area (TPSA) is 58.6 Å². The number of hydrogen-bond donors (Lipinski definition) is 0. The minimum absolute atomic E-state index is 0.0253. The zero-order chi connectivity index (χ0) is 19.5. The molecule has 0 saturated carbocycles. The summed E-state index contributed by atoms with van der Waals surface area (Å²) in [5, 5.41) is 0. The first-order valence-corrected chi connectivity index (χ1v) is 10.1. The summed E-state index contributed by atoms with van der Waals surface area (Å²) in [6, 6.07) is 12.2. The maximum Gasteiger partial charge on any atom is 0.225 e. The molecule has 6 nitrogen and oxygen atoms in total. The van der Waals surface area contributed by atoms with Crippen LogP contribution in [-0.4, -0.2) is 53.6 Å². The van der Waals surface area contributed by atoms with Gasteiger partial charge in [-0.2, -0.15) is 0 Å². The Hall–Kier alpha value is -2.47. The SMILES string of the molecule is Cc1cc(C)nc(N2CCC(C(=O)N3CCOC(c4ccccc4)C3)CC2)n1. The Labute approximate surface area is 166 Å². The van der Waals surface area contributed by atoms with Gasteiger partial charge >= 0.3 is 0 Å². The van der Waals surface area contributed by atoms with Gasteiger partial charge in [0, 0.05) is 36.9 Å². The van der Waals surface area contributed by atoms with Crippen LogP contribution in [0.25, 0.3) is 0 Å². The van der Waals surface area contributed by atoms with Gasteiger partial charge in [-0.3, -0.25) is 4.79 Å². The van der Waals surface area contributed by atoms with E-state index in [1.807, 2.05) is 43.0 Å². The van der Waals surface area contributed by atoms with E-state index in [-0.39, 0.29) is 17.9 Å². The summed E-state index contributed by atoms with van der Waals surface area (Å²) in [6.45, 7) is 7.57. The van der Waals surface area contributed by atoms with E-state index in [9.17, 15) is 4.79 Å². The fourth-order valence-electron chi connectivity index (χ4n) is 4.15. The normalized spacial score (nSPS) is 21.0. The van der Waals surface area contributed by atoms with E-state index in [4.69, 9.17) is 4.74 Å². The second-order valence-electron chi connectivity index (χ2n) is 7.77. The summed E-state index contributed by atoms with van der Waals surface area (Å²) in [6.07, 6.45) is 1.67. The van der Waals surface area contributed by atoms with Gasteiger partial charge in [0.2, 0.25) is 11.9 Å². The van der Waals surface area contributed by atoms with Crippen LogP contribution in [-0.2, 0) is 9.53 Å². The van der Waals surface area contributed by atoms with Crippen LogP contribution in [0.5, 0.6) is 0 Å². The summed E-state index contributed by atoms with van der Waals surface area (Å²) < 4.78 is 5.91. The molecule has 2 aromatic rings. The maximum atomic E-state index is 13.1. The zero-order valence-corrected chi connectivity index (χ0v) is 16.7. The van der Waals surface area contributed by atoms with Crippen molar-refractivity contribution in [3.63, 3.8) is 0 Å². The first kappa shape index (κ1) is 18.9. The third-order valence-corrected chi connectivity index (χ3v) is 5.65. The molecule has 2 saturated heterocycles. The van der Waals surface area contributed by atoms with E-state index in [1.165, 1.54) is 0 Å². The third-order valence-electron chi connectivity index (χ3n) is 5.65. The van der Waals surface area contributed by atoms with Crippen LogP contribution in [0, 0.1) is 19.8 Å². The molecule has 6 heteroatoms. The number of morpholine rings is 1. The summed E-state index contributed by atoms with van der Waals surface area (Å²) in [5.41, 5.74) is 3.11. The van der Waals surface area contributed by atoms with Crippen molar-refractivity contribution in [3.05, 3.63) is 53.3 Å². The number of aromatic nitrogens is 2. The van der Waals surface area contributed by atoms with Gasteiger partial charge in [-0.1, -0.05) is 30.3 Å². The quantitative estimate of drug-likeness (QED) is 0.819. The first-order valence-electron chi connectivity index (χ1n) is 10.1. The molecule has 0 spiro atoms. The number of nitrogens with zero attached hydrogens (tertiary/aromatic N) is 4. The van der Waals surface area contributed by atoms with E-state index < -0.39 is 0 Å². The number of carbonyl (C=O) groups excluding carboxylic acids is 1. The molecule has 0 bridgehead atoms. The highest BCUT2D eigenvalue weighted by atomic mass is 16.5. The summed E-state index contributed by atoms with van der Waals surface area (Å²) in [5.74, 6) is 1.14. The van der Waals surface area contributed by atoms with Crippen LogP contribution in [0.3, 0.4) is 0 Å². The van der Waals surface area contributed by atoms with Gasteiger partial charge < -0.3 is 14.5 Å². The number of hydrogen-bond acceptors (Lipinski definition) is 5. The lowest BCUT2D eigenvalue weighted by Gasteiger charge is -2.38. The Morgan fingerprint density at radius 2 is 1.71 bits per heavy atom. The highest BCUT2D eigenvalue weighted by Gasteiger charge is 2.32. The number of rotatable bonds is 3. The fraction of sp³-hybridized carbons (Fsp3) is 0.500. The molecular formula is C22H28N4O2. The highest BCUT2D eigenvalue weighted by Crippen LogP contribution is 2.27. The zero-order valence-electron chi connectivity index (χ0n) is 16.7. The maximum absolute atomic E-state index is 13.1. The van der Waals surface area contributed by atoms with Gasteiger partial charge in [0.05, 0.1) is 13.2 Å². The van der Waals surface area contributed by atoms with Crippen LogP contribution >= 0.6 is 0 Å². The van der Waals surface area contributed by atoms with Crippen molar-refractivity contribution in [1.29, 1.82) is 0 Å². The summed E-state index contributed by atoms with van der Waals surface area (Å²) in [4.78, 5) is 26.4. The number of amides is 1. The van der Waals surface area contributed by atoms with Crippen LogP contribution in [0.4, 0.5) is 5.95 Å². The van der Waals surface area contributed by atoms with Crippen molar-refractivity contribution < 1.29 is 9.53 Å². The molecule has 2 aliphatic heterocycles. The van der Waals surface area contributed by atoms with Gasteiger partial charge in [-0.25, -0.2) is 9.97 Å². The Bertz CT molecular complexity index is 798. The number of benzene rings is 1.